The Morgan fingerprint density at radius 3 is 2.43 bits per heavy atom. The zero-order valence-electron chi connectivity index (χ0n) is 14.2. The van der Waals surface area contributed by atoms with Gasteiger partial charge in [-0.05, 0) is 39.2 Å². The topological polar surface area (TPSA) is 58.9 Å². The summed E-state index contributed by atoms with van der Waals surface area (Å²) in [7, 11) is 0. The second-order valence-electron chi connectivity index (χ2n) is 6.49. The smallest absolute Gasteiger partial charge is 0.225 e. The van der Waals surface area contributed by atoms with Crippen molar-refractivity contribution in [3.63, 3.8) is 0 Å². The molecule has 0 radical (unpaired) electrons. The largest absolute Gasteiger partial charge is 0.341 e. The molecule has 1 aliphatic heterocycles. The zero-order valence-corrected chi connectivity index (χ0v) is 14.2. The van der Waals surface area contributed by atoms with Crippen molar-refractivity contribution in [1.82, 2.24) is 25.1 Å². The van der Waals surface area contributed by atoms with Gasteiger partial charge >= 0.3 is 0 Å². The molecule has 2 atom stereocenters. The van der Waals surface area contributed by atoms with Crippen LogP contribution in [-0.4, -0.2) is 38.9 Å². The third-order valence-corrected chi connectivity index (χ3v) is 4.58. The summed E-state index contributed by atoms with van der Waals surface area (Å²) < 4.78 is 2.01. The van der Waals surface area contributed by atoms with Crippen LogP contribution in [0, 0.1) is 6.92 Å². The van der Waals surface area contributed by atoms with Crippen LogP contribution in [0.4, 0.5) is 5.95 Å². The van der Waals surface area contributed by atoms with E-state index >= 15 is 0 Å². The molecule has 3 rings (SSSR count). The summed E-state index contributed by atoms with van der Waals surface area (Å²) >= 11 is 0. The van der Waals surface area contributed by atoms with E-state index in [0.717, 1.165) is 31.1 Å². The van der Waals surface area contributed by atoms with E-state index < -0.39 is 0 Å². The maximum Gasteiger partial charge on any atom is 0.225 e. The Bertz CT molecular complexity index is 614. The highest BCUT2D eigenvalue weighted by atomic mass is 15.3. The van der Waals surface area contributed by atoms with Crippen molar-refractivity contribution in [2.75, 3.05) is 18.0 Å². The number of anilines is 1. The number of hydrogen-bond donors (Lipinski definition) is 1. The van der Waals surface area contributed by atoms with Gasteiger partial charge in [0.25, 0.3) is 0 Å². The Morgan fingerprint density at radius 2 is 1.83 bits per heavy atom. The lowest BCUT2D eigenvalue weighted by molar-refractivity contribution is 0.364. The van der Waals surface area contributed by atoms with Gasteiger partial charge in [0.05, 0.1) is 12.2 Å². The standard InChI is InChI=1S/C17H26N6/c1-13-8-21-23(12-13)15(3)14(2)18-9-16-10-19-17(20-11-16)22-6-4-5-7-22/h8,10-12,14-15,18H,4-7,9H2,1-3H3/t14-,15+/m0/s1. The second kappa shape index (κ2) is 7.08. The minimum atomic E-state index is 0.300. The van der Waals surface area contributed by atoms with Crippen molar-refractivity contribution >= 4 is 5.95 Å². The van der Waals surface area contributed by atoms with Gasteiger partial charge in [-0.3, -0.25) is 4.68 Å². The van der Waals surface area contributed by atoms with E-state index in [1.165, 1.54) is 18.4 Å². The van der Waals surface area contributed by atoms with E-state index in [1.54, 1.807) is 0 Å². The van der Waals surface area contributed by atoms with E-state index in [2.05, 4.69) is 52.3 Å². The first-order valence-electron chi connectivity index (χ1n) is 8.43. The predicted octanol–water partition coefficient (Wildman–Crippen LogP) is 2.32. The van der Waals surface area contributed by atoms with Gasteiger partial charge in [0, 0.05) is 49.8 Å². The zero-order chi connectivity index (χ0) is 16.2. The molecule has 124 valence electrons. The highest BCUT2D eigenvalue weighted by Gasteiger charge is 2.16. The van der Waals surface area contributed by atoms with E-state index in [1.807, 2.05) is 23.3 Å². The summed E-state index contributed by atoms with van der Waals surface area (Å²) in [4.78, 5) is 11.3. The first kappa shape index (κ1) is 15.9. The van der Waals surface area contributed by atoms with Crippen LogP contribution in [0.5, 0.6) is 0 Å². The van der Waals surface area contributed by atoms with Gasteiger partial charge in [-0.2, -0.15) is 5.10 Å². The summed E-state index contributed by atoms with van der Waals surface area (Å²) in [6, 6.07) is 0.612. The third-order valence-electron chi connectivity index (χ3n) is 4.58. The first-order valence-corrected chi connectivity index (χ1v) is 8.43. The molecule has 0 bridgehead atoms. The number of hydrogen-bond acceptors (Lipinski definition) is 5. The van der Waals surface area contributed by atoms with Gasteiger partial charge in [-0.25, -0.2) is 9.97 Å². The number of nitrogens with zero attached hydrogens (tertiary/aromatic N) is 5. The molecular formula is C17H26N6. The molecule has 0 amide bonds. The average molecular weight is 314 g/mol. The normalized spacial score (nSPS) is 17.4. The summed E-state index contributed by atoms with van der Waals surface area (Å²) in [5.41, 5.74) is 2.30. The maximum absolute atomic E-state index is 4.50. The fourth-order valence-electron chi connectivity index (χ4n) is 2.85. The number of aromatic nitrogens is 4. The highest BCUT2D eigenvalue weighted by molar-refractivity contribution is 5.30. The molecule has 2 aromatic rings. The third kappa shape index (κ3) is 3.88. The molecule has 0 aliphatic carbocycles. The molecule has 23 heavy (non-hydrogen) atoms. The number of nitrogens with one attached hydrogen (secondary N) is 1. The van der Waals surface area contributed by atoms with Crippen molar-refractivity contribution in [3.8, 4) is 0 Å². The molecule has 6 heteroatoms. The van der Waals surface area contributed by atoms with Gasteiger partial charge in [0.2, 0.25) is 5.95 Å². The van der Waals surface area contributed by atoms with Crippen LogP contribution in [-0.2, 0) is 6.54 Å². The molecule has 2 aromatic heterocycles. The fourth-order valence-corrected chi connectivity index (χ4v) is 2.85. The Hall–Kier alpha value is -1.95. The van der Waals surface area contributed by atoms with Crippen molar-refractivity contribution in [2.45, 2.75) is 52.2 Å². The monoisotopic (exact) mass is 314 g/mol. The molecule has 1 fully saturated rings. The minimum absolute atomic E-state index is 0.300. The van der Waals surface area contributed by atoms with Crippen LogP contribution in [0.1, 0.15) is 43.9 Å². The molecular weight excluding hydrogens is 288 g/mol. The van der Waals surface area contributed by atoms with Crippen LogP contribution < -0.4 is 10.2 Å². The Labute approximate surface area is 137 Å². The molecule has 6 nitrogen and oxygen atoms in total. The average Bonchev–Trinajstić information content (AvgIpc) is 3.24. The predicted molar refractivity (Wildman–Crippen MR) is 91.5 cm³/mol. The first-order chi connectivity index (χ1) is 11.1. The second-order valence-corrected chi connectivity index (χ2v) is 6.49. The van der Waals surface area contributed by atoms with Gasteiger partial charge in [-0.1, -0.05) is 0 Å². The molecule has 0 aromatic carbocycles. The SMILES string of the molecule is Cc1cnn([C@H](C)[C@H](C)NCc2cnc(N3CCCC3)nc2)c1. The van der Waals surface area contributed by atoms with Crippen LogP contribution in [0.15, 0.2) is 24.8 Å². The van der Waals surface area contributed by atoms with Crippen molar-refractivity contribution in [1.29, 1.82) is 0 Å². The van der Waals surface area contributed by atoms with E-state index in [4.69, 9.17) is 0 Å². The Balaban J connectivity index is 1.53. The van der Waals surface area contributed by atoms with E-state index in [-0.39, 0.29) is 0 Å². The number of rotatable bonds is 6. The van der Waals surface area contributed by atoms with Gasteiger partial charge < -0.3 is 10.2 Å². The molecule has 0 unspecified atom stereocenters. The maximum atomic E-state index is 4.50. The lowest BCUT2D eigenvalue weighted by Crippen LogP contribution is -2.33. The highest BCUT2D eigenvalue weighted by Crippen LogP contribution is 2.15. The molecule has 3 heterocycles. The van der Waals surface area contributed by atoms with Crippen LogP contribution >= 0.6 is 0 Å². The van der Waals surface area contributed by atoms with Crippen LogP contribution in [0.25, 0.3) is 0 Å². The van der Waals surface area contributed by atoms with Crippen molar-refractivity contribution in [2.24, 2.45) is 0 Å². The van der Waals surface area contributed by atoms with Gasteiger partial charge in [0.1, 0.15) is 0 Å². The van der Waals surface area contributed by atoms with Crippen LogP contribution in [0.3, 0.4) is 0 Å². The van der Waals surface area contributed by atoms with Crippen LogP contribution in [0.2, 0.25) is 0 Å². The summed E-state index contributed by atoms with van der Waals surface area (Å²) in [5.74, 6) is 0.861. The van der Waals surface area contributed by atoms with E-state index in [0.29, 0.717) is 12.1 Å². The molecule has 1 N–H and O–H groups in total. The molecule has 0 saturated carbocycles. The Kier molecular flexibility index (Phi) is 4.91. The quantitative estimate of drug-likeness (QED) is 0.887. The van der Waals surface area contributed by atoms with Gasteiger partial charge in [-0.15, -0.1) is 0 Å². The molecule has 1 saturated heterocycles. The molecule has 1 aliphatic rings. The summed E-state index contributed by atoms with van der Waals surface area (Å²) in [6.45, 7) is 9.35. The van der Waals surface area contributed by atoms with E-state index in [9.17, 15) is 0 Å². The molecule has 0 spiro atoms. The van der Waals surface area contributed by atoms with Crippen molar-refractivity contribution in [3.05, 3.63) is 35.9 Å². The minimum Gasteiger partial charge on any atom is -0.341 e. The Morgan fingerprint density at radius 1 is 1.13 bits per heavy atom. The fraction of sp³-hybridized carbons (Fsp3) is 0.588. The lowest BCUT2D eigenvalue weighted by atomic mass is 10.1. The van der Waals surface area contributed by atoms with Crippen molar-refractivity contribution < 1.29 is 0 Å². The summed E-state index contributed by atoms with van der Waals surface area (Å²) in [6.07, 6.45) is 10.3. The summed E-state index contributed by atoms with van der Waals surface area (Å²) in [5, 5.41) is 7.93. The lowest BCUT2D eigenvalue weighted by Gasteiger charge is -2.22. The number of aryl methyl sites for hydroxylation is 1. The van der Waals surface area contributed by atoms with Gasteiger partial charge in [0.15, 0.2) is 0 Å².